The first-order valence-corrected chi connectivity index (χ1v) is 4.75. The van der Waals surface area contributed by atoms with Crippen LogP contribution in [0.3, 0.4) is 0 Å². The zero-order valence-electron chi connectivity index (χ0n) is 8.24. The van der Waals surface area contributed by atoms with E-state index < -0.39 is 12.0 Å². The van der Waals surface area contributed by atoms with Crippen molar-refractivity contribution in [2.75, 3.05) is 7.11 Å². The SMILES string of the molecule is COC(=O)[C@H](N)c1ccc(Cl)c(Cl)c1O.Cl. The minimum Gasteiger partial charge on any atom is -0.506 e. The number of ether oxygens (including phenoxy) is 1. The van der Waals surface area contributed by atoms with E-state index in [0.29, 0.717) is 0 Å². The number of nitrogens with two attached hydrogens (primary N) is 1. The molecular weight excluding hydrogens is 276 g/mol. The molecule has 3 N–H and O–H groups in total. The first-order valence-electron chi connectivity index (χ1n) is 3.99. The molecule has 0 radical (unpaired) electrons. The van der Waals surface area contributed by atoms with Crippen LogP contribution >= 0.6 is 35.6 Å². The second-order valence-electron chi connectivity index (χ2n) is 2.80. The molecule has 0 aliphatic heterocycles. The molecule has 1 atom stereocenters. The molecule has 0 aliphatic carbocycles. The fourth-order valence-corrected chi connectivity index (χ4v) is 1.38. The van der Waals surface area contributed by atoms with Crippen LogP contribution in [0.25, 0.3) is 0 Å². The van der Waals surface area contributed by atoms with Crippen molar-refractivity contribution in [2.24, 2.45) is 5.73 Å². The topological polar surface area (TPSA) is 72.5 Å². The predicted octanol–water partition coefficient (Wildman–Crippen LogP) is 2.29. The molecule has 90 valence electrons. The summed E-state index contributed by atoms with van der Waals surface area (Å²) in [5.41, 5.74) is 5.71. The first kappa shape index (κ1) is 15.3. The molecule has 0 unspecified atom stereocenters. The fraction of sp³-hybridized carbons (Fsp3) is 0.222. The molecule has 0 saturated heterocycles. The van der Waals surface area contributed by atoms with Gasteiger partial charge in [-0.05, 0) is 6.07 Å². The van der Waals surface area contributed by atoms with Crippen LogP contribution in [-0.4, -0.2) is 18.2 Å². The Morgan fingerprint density at radius 1 is 1.50 bits per heavy atom. The van der Waals surface area contributed by atoms with Gasteiger partial charge < -0.3 is 15.6 Å². The van der Waals surface area contributed by atoms with Crippen molar-refractivity contribution in [2.45, 2.75) is 6.04 Å². The van der Waals surface area contributed by atoms with Crippen LogP contribution in [0.2, 0.25) is 10.0 Å². The molecule has 0 bridgehead atoms. The number of benzene rings is 1. The van der Waals surface area contributed by atoms with Crippen molar-refractivity contribution in [1.29, 1.82) is 0 Å². The summed E-state index contributed by atoms with van der Waals surface area (Å²) in [7, 11) is 1.21. The van der Waals surface area contributed by atoms with Gasteiger partial charge in [-0.1, -0.05) is 29.3 Å². The number of methoxy groups -OCH3 is 1. The summed E-state index contributed by atoms with van der Waals surface area (Å²) in [5, 5.41) is 9.75. The van der Waals surface area contributed by atoms with Gasteiger partial charge in [0.1, 0.15) is 16.8 Å². The number of carbonyl (C=O) groups excluding carboxylic acids is 1. The Kier molecular flexibility index (Phi) is 5.89. The van der Waals surface area contributed by atoms with E-state index >= 15 is 0 Å². The molecule has 16 heavy (non-hydrogen) atoms. The van der Waals surface area contributed by atoms with Crippen LogP contribution in [-0.2, 0) is 9.53 Å². The highest BCUT2D eigenvalue weighted by atomic mass is 35.5. The quantitative estimate of drug-likeness (QED) is 0.818. The van der Waals surface area contributed by atoms with E-state index in [9.17, 15) is 9.90 Å². The summed E-state index contributed by atoms with van der Waals surface area (Å²) >= 11 is 11.3. The minimum atomic E-state index is -1.08. The lowest BCUT2D eigenvalue weighted by molar-refractivity contribution is -0.142. The molecular formula is C9H10Cl3NO3. The van der Waals surface area contributed by atoms with Crippen molar-refractivity contribution in [3.63, 3.8) is 0 Å². The lowest BCUT2D eigenvalue weighted by Crippen LogP contribution is -2.22. The van der Waals surface area contributed by atoms with E-state index in [1.807, 2.05) is 0 Å². The molecule has 1 aromatic rings. The number of hydrogen-bond donors (Lipinski definition) is 2. The Bertz CT molecular complexity index is 398. The van der Waals surface area contributed by atoms with E-state index in [0.717, 1.165) is 0 Å². The molecule has 0 aromatic heterocycles. The number of hydrogen-bond acceptors (Lipinski definition) is 4. The Morgan fingerprint density at radius 2 is 2.06 bits per heavy atom. The van der Waals surface area contributed by atoms with E-state index in [4.69, 9.17) is 28.9 Å². The van der Waals surface area contributed by atoms with Gasteiger partial charge in [0, 0.05) is 5.56 Å². The lowest BCUT2D eigenvalue weighted by Gasteiger charge is -2.12. The van der Waals surface area contributed by atoms with Crippen LogP contribution in [0.1, 0.15) is 11.6 Å². The standard InChI is InChI=1S/C9H9Cl2NO3.ClH/c1-15-9(14)7(12)4-2-3-5(10)6(11)8(4)13;/h2-3,7,13H,12H2,1H3;1H/t7-;/m1./s1. The van der Waals surface area contributed by atoms with Gasteiger partial charge in [0.25, 0.3) is 0 Å². The van der Waals surface area contributed by atoms with Crippen molar-refractivity contribution in [1.82, 2.24) is 0 Å². The number of carbonyl (C=O) groups is 1. The maximum atomic E-state index is 11.1. The normalized spacial score (nSPS) is 11.5. The summed E-state index contributed by atoms with van der Waals surface area (Å²) in [5.74, 6) is -0.967. The second kappa shape index (κ2) is 6.15. The molecule has 0 saturated carbocycles. The molecule has 7 heteroatoms. The smallest absolute Gasteiger partial charge is 0.327 e. The minimum absolute atomic E-state index is 0. The number of halogens is 3. The second-order valence-corrected chi connectivity index (χ2v) is 3.59. The van der Waals surface area contributed by atoms with Crippen LogP contribution < -0.4 is 5.73 Å². The van der Waals surface area contributed by atoms with E-state index in [1.165, 1.54) is 19.2 Å². The Labute approximate surface area is 109 Å². The van der Waals surface area contributed by atoms with Crippen molar-refractivity contribution in [3.8, 4) is 5.75 Å². The third-order valence-corrected chi connectivity index (χ3v) is 2.68. The summed E-state index contributed by atoms with van der Waals surface area (Å²) in [4.78, 5) is 11.1. The van der Waals surface area contributed by atoms with Gasteiger partial charge in [-0.25, -0.2) is 0 Å². The van der Waals surface area contributed by atoms with Gasteiger partial charge in [0.15, 0.2) is 0 Å². The first-order chi connectivity index (χ1) is 6.99. The van der Waals surface area contributed by atoms with E-state index in [1.54, 1.807) is 0 Å². The highest BCUT2D eigenvalue weighted by molar-refractivity contribution is 6.43. The average molecular weight is 287 g/mol. The van der Waals surface area contributed by atoms with Gasteiger partial charge >= 0.3 is 5.97 Å². The van der Waals surface area contributed by atoms with Crippen LogP contribution in [0.4, 0.5) is 0 Å². The Hall–Kier alpha value is -0.680. The number of aromatic hydroxyl groups is 1. The highest BCUT2D eigenvalue weighted by Gasteiger charge is 2.21. The van der Waals surface area contributed by atoms with Gasteiger partial charge in [0.05, 0.1) is 12.1 Å². The van der Waals surface area contributed by atoms with Gasteiger partial charge in [0.2, 0.25) is 0 Å². The maximum absolute atomic E-state index is 11.1. The Morgan fingerprint density at radius 3 is 2.56 bits per heavy atom. The van der Waals surface area contributed by atoms with Gasteiger partial charge in [-0.15, -0.1) is 12.4 Å². The van der Waals surface area contributed by atoms with Crippen LogP contribution in [0, 0.1) is 0 Å². The third-order valence-electron chi connectivity index (χ3n) is 1.89. The number of esters is 1. The van der Waals surface area contributed by atoms with Crippen LogP contribution in [0.5, 0.6) is 5.75 Å². The number of rotatable bonds is 2. The third kappa shape index (κ3) is 2.92. The molecule has 1 rings (SSSR count). The molecule has 0 aliphatic rings. The molecule has 0 spiro atoms. The maximum Gasteiger partial charge on any atom is 0.327 e. The van der Waals surface area contributed by atoms with Gasteiger partial charge in [-0.2, -0.15) is 0 Å². The van der Waals surface area contributed by atoms with E-state index in [-0.39, 0.29) is 33.8 Å². The molecule has 0 heterocycles. The molecule has 0 fully saturated rings. The number of phenols is 1. The summed E-state index contributed by atoms with van der Waals surface area (Å²) < 4.78 is 4.44. The van der Waals surface area contributed by atoms with Crippen molar-refractivity contribution in [3.05, 3.63) is 27.7 Å². The largest absolute Gasteiger partial charge is 0.506 e. The number of phenolic OH excluding ortho intramolecular Hbond substituents is 1. The summed E-state index contributed by atoms with van der Waals surface area (Å²) in [6, 6.07) is 1.79. The monoisotopic (exact) mass is 285 g/mol. The summed E-state index contributed by atoms with van der Waals surface area (Å²) in [6.45, 7) is 0. The summed E-state index contributed by atoms with van der Waals surface area (Å²) in [6.07, 6.45) is 0. The molecule has 1 aromatic carbocycles. The van der Waals surface area contributed by atoms with E-state index in [2.05, 4.69) is 4.74 Å². The van der Waals surface area contributed by atoms with Crippen molar-refractivity contribution < 1.29 is 14.6 Å². The lowest BCUT2D eigenvalue weighted by atomic mass is 10.1. The van der Waals surface area contributed by atoms with Crippen molar-refractivity contribution >= 4 is 41.6 Å². The Balaban J connectivity index is 0.00000225. The highest BCUT2D eigenvalue weighted by Crippen LogP contribution is 2.36. The zero-order valence-corrected chi connectivity index (χ0v) is 10.6. The predicted molar refractivity (Wildman–Crippen MR) is 64.3 cm³/mol. The zero-order chi connectivity index (χ0) is 11.6. The van der Waals surface area contributed by atoms with Gasteiger partial charge in [-0.3, -0.25) is 4.79 Å². The van der Waals surface area contributed by atoms with Crippen LogP contribution in [0.15, 0.2) is 12.1 Å². The fourth-order valence-electron chi connectivity index (χ4n) is 1.06. The molecule has 4 nitrogen and oxygen atoms in total. The molecule has 0 amide bonds. The average Bonchev–Trinajstić information content (AvgIpc) is 2.24.